The summed E-state index contributed by atoms with van der Waals surface area (Å²) in [5.41, 5.74) is 0. The minimum absolute atomic E-state index is 0.106. The van der Waals surface area contributed by atoms with Crippen molar-refractivity contribution in [1.29, 1.82) is 0 Å². The zero-order valence-corrected chi connectivity index (χ0v) is 57.9. The maximum Gasteiger partial charge on any atom is 0.472 e. The average molecular weight is 1280 g/mol. The number of rotatable bonds is 68. The highest BCUT2D eigenvalue weighted by atomic mass is 31.2. The maximum atomic E-state index is 13.0. The molecular weight excluding hydrogens is 1150 g/mol. The van der Waals surface area contributed by atoms with Crippen LogP contribution in [0.1, 0.15) is 349 Å². The molecule has 0 saturated carbocycles. The summed E-state index contributed by atoms with van der Waals surface area (Å²) in [6.45, 7) is 7.16. The molecule has 3 N–H and O–H groups in total. The van der Waals surface area contributed by atoms with Crippen LogP contribution in [-0.2, 0) is 65.4 Å². The van der Waals surface area contributed by atoms with Gasteiger partial charge in [-0.25, -0.2) is 9.13 Å². The summed E-state index contributed by atoms with van der Waals surface area (Å²) >= 11 is 0. The number of carbonyl (C=O) groups excluding carboxylic acids is 4. The first-order valence-electron chi connectivity index (χ1n) is 35.7. The van der Waals surface area contributed by atoms with Crippen LogP contribution in [0.3, 0.4) is 0 Å². The zero-order chi connectivity index (χ0) is 64.2. The number of hydrogen-bond donors (Lipinski definition) is 3. The number of carbonyl (C=O) groups is 4. The van der Waals surface area contributed by atoms with Crippen LogP contribution in [-0.4, -0.2) is 96.7 Å². The minimum Gasteiger partial charge on any atom is -0.462 e. The second kappa shape index (κ2) is 61.6. The van der Waals surface area contributed by atoms with E-state index in [-0.39, 0.29) is 25.7 Å². The fourth-order valence-corrected chi connectivity index (χ4v) is 11.8. The molecule has 17 nitrogen and oxygen atoms in total. The molecule has 0 bridgehead atoms. The van der Waals surface area contributed by atoms with E-state index in [0.29, 0.717) is 25.7 Å². The lowest BCUT2D eigenvalue weighted by atomic mass is 9.99. The van der Waals surface area contributed by atoms with Crippen LogP contribution in [0.4, 0.5) is 0 Å². The number of aliphatic hydroxyl groups is 1. The van der Waals surface area contributed by atoms with Crippen LogP contribution in [0.2, 0.25) is 0 Å². The average Bonchev–Trinajstić information content (AvgIpc) is 3.65. The van der Waals surface area contributed by atoms with E-state index < -0.39 is 97.5 Å². The number of unbranched alkanes of at least 4 members (excludes halogenated alkanes) is 39. The molecule has 0 spiro atoms. The lowest BCUT2D eigenvalue weighted by Gasteiger charge is -2.21. The van der Waals surface area contributed by atoms with Gasteiger partial charge >= 0.3 is 39.5 Å². The van der Waals surface area contributed by atoms with E-state index >= 15 is 0 Å². The van der Waals surface area contributed by atoms with E-state index in [0.717, 1.165) is 102 Å². The van der Waals surface area contributed by atoms with Gasteiger partial charge in [0.15, 0.2) is 12.2 Å². The molecule has 0 aliphatic carbocycles. The van der Waals surface area contributed by atoms with Crippen molar-refractivity contribution in [3.05, 3.63) is 0 Å². The Morgan fingerprint density at radius 3 is 0.816 bits per heavy atom. The van der Waals surface area contributed by atoms with Gasteiger partial charge in [-0.05, 0) is 31.6 Å². The number of phosphoric acid groups is 2. The molecule has 0 amide bonds. The number of hydrogen-bond acceptors (Lipinski definition) is 15. The Morgan fingerprint density at radius 1 is 0.322 bits per heavy atom. The van der Waals surface area contributed by atoms with Crippen LogP contribution >= 0.6 is 15.6 Å². The van der Waals surface area contributed by atoms with Crippen molar-refractivity contribution in [2.45, 2.75) is 368 Å². The van der Waals surface area contributed by atoms with Gasteiger partial charge in [0.2, 0.25) is 0 Å². The van der Waals surface area contributed by atoms with Crippen LogP contribution in [0.5, 0.6) is 0 Å². The molecule has 0 aromatic heterocycles. The highest BCUT2D eigenvalue weighted by molar-refractivity contribution is 7.47. The Hall–Kier alpha value is -1.94. The molecule has 87 heavy (non-hydrogen) atoms. The molecule has 0 rings (SSSR count). The van der Waals surface area contributed by atoms with Crippen molar-refractivity contribution in [3.63, 3.8) is 0 Å². The molecule has 3 unspecified atom stereocenters. The molecule has 0 aromatic carbocycles. The van der Waals surface area contributed by atoms with E-state index in [1.165, 1.54) is 167 Å². The van der Waals surface area contributed by atoms with Gasteiger partial charge < -0.3 is 33.8 Å². The lowest BCUT2D eigenvalue weighted by Crippen LogP contribution is -2.30. The van der Waals surface area contributed by atoms with Gasteiger partial charge in [-0.3, -0.25) is 37.3 Å². The van der Waals surface area contributed by atoms with Gasteiger partial charge in [0, 0.05) is 25.7 Å². The summed E-state index contributed by atoms with van der Waals surface area (Å²) < 4.78 is 68.0. The Bertz CT molecular complexity index is 1690. The molecule has 0 heterocycles. The zero-order valence-electron chi connectivity index (χ0n) is 56.2. The smallest absolute Gasteiger partial charge is 0.462 e. The predicted molar refractivity (Wildman–Crippen MR) is 349 cm³/mol. The Kier molecular flexibility index (Phi) is 60.2. The van der Waals surface area contributed by atoms with Crippen molar-refractivity contribution < 1.29 is 80.2 Å². The molecule has 0 aliphatic rings. The Morgan fingerprint density at radius 2 is 0.552 bits per heavy atom. The first-order chi connectivity index (χ1) is 42.1. The van der Waals surface area contributed by atoms with Crippen LogP contribution < -0.4 is 0 Å². The van der Waals surface area contributed by atoms with E-state index in [9.17, 15) is 43.2 Å². The minimum atomic E-state index is -4.95. The van der Waals surface area contributed by atoms with Crippen molar-refractivity contribution in [2.75, 3.05) is 39.6 Å². The summed E-state index contributed by atoms with van der Waals surface area (Å²) in [6, 6.07) is 0. The summed E-state index contributed by atoms with van der Waals surface area (Å²) in [4.78, 5) is 72.1. The van der Waals surface area contributed by atoms with Crippen LogP contribution in [0.25, 0.3) is 0 Å². The molecular formula is C68H132O17P2. The topological polar surface area (TPSA) is 237 Å². The fourth-order valence-electron chi connectivity index (χ4n) is 10.3. The summed E-state index contributed by atoms with van der Waals surface area (Å²) in [7, 11) is -9.88. The molecule has 516 valence electrons. The van der Waals surface area contributed by atoms with Crippen molar-refractivity contribution in [1.82, 2.24) is 0 Å². The van der Waals surface area contributed by atoms with E-state index in [4.69, 9.17) is 37.0 Å². The number of aliphatic hydroxyl groups excluding tert-OH is 1. The third-order valence-electron chi connectivity index (χ3n) is 16.1. The van der Waals surface area contributed by atoms with Gasteiger partial charge in [-0.1, -0.05) is 298 Å². The first-order valence-corrected chi connectivity index (χ1v) is 38.7. The molecule has 0 aliphatic heterocycles. The standard InChI is InChI=1S/C68H132O17P2/c1-6-10-13-16-18-20-22-23-24-25-26-27-28-29-35-39-44-49-54-68(73)85-64(58-79-66(71)52-47-42-37-34-31-30-32-36-41-45-50-61(5)9-4)60-83-87(76,77)81-56-62(69)55-80-86(74,75)82-59-63(57-78-65(70)51-46-40-15-12-8-3)84-67(72)53-48-43-38-33-21-19-17-14-11-7-2/h61-64,69H,6-60H2,1-5H3,(H,74,75)(H,76,77)/t61?,62-,63+,64+/m0/s1. The van der Waals surface area contributed by atoms with E-state index in [1.807, 2.05) is 0 Å². The van der Waals surface area contributed by atoms with E-state index in [2.05, 4.69) is 34.6 Å². The quantitative estimate of drug-likeness (QED) is 0.0222. The Labute approximate surface area is 530 Å². The number of esters is 4. The second-order valence-electron chi connectivity index (χ2n) is 24.8. The fraction of sp³-hybridized carbons (Fsp3) is 0.941. The monoisotopic (exact) mass is 1280 g/mol. The predicted octanol–water partition coefficient (Wildman–Crippen LogP) is 19.4. The van der Waals surface area contributed by atoms with Crippen LogP contribution in [0, 0.1) is 5.92 Å². The summed E-state index contributed by atoms with van der Waals surface area (Å²) in [6.07, 6.45) is 47.5. The lowest BCUT2D eigenvalue weighted by molar-refractivity contribution is -0.161. The molecule has 0 fully saturated rings. The highest BCUT2D eigenvalue weighted by Gasteiger charge is 2.30. The molecule has 19 heteroatoms. The van der Waals surface area contributed by atoms with Crippen LogP contribution in [0.15, 0.2) is 0 Å². The van der Waals surface area contributed by atoms with Crippen molar-refractivity contribution in [3.8, 4) is 0 Å². The summed E-state index contributed by atoms with van der Waals surface area (Å²) in [5.74, 6) is -1.33. The highest BCUT2D eigenvalue weighted by Crippen LogP contribution is 2.45. The van der Waals surface area contributed by atoms with Gasteiger partial charge in [0.25, 0.3) is 0 Å². The Balaban J connectivity index is 5.15. The third-order valence-corrected chi connectivity index (χ3v) is 18.0. The number of ether oxygens (including phenoxy) is 4. The van der Waals surface area contributed by atoms with Crippen molar-refractivity contribution in [2.24, 2.45) is 5.92 Å². The van der Waals surface area contributed by atoms with Gasteiger partial charge in [0.1, 0.15) is 19.3 Å². The molecule has 6 atom stereocenters. The third kappa shape index (κ3) is 61.3. The van der Waals surface area contributed by atoms with Gasteiger partial charge in [-0.15, -0.1) is 0 Å². The van der Waals surface area contributed by atoms with Gasteiger partial charge in [0.05, 0.1) is 26.4 Å². The van der Waals surface area contributed by atoms with Crippen molar-refractivity contribution >= 4 is 39.5 Å². The molecule has 0 aromatic rings. The first kappa shape index (κ1) is 85.1. The second-order valence-corrected chi connectivity index (χ2v) is 27.7. The number of phosphoric ester groups is 2. The molecule has 0 saturated heterocycles. The SMILES string of the molecule is CCCCCCCCCCCCCCCCCCCCC(=O)O[C@H](COC(=O)CCCCCCCCCCCCC(C)CC)COP(=O)(O)OC[C@@H](O)COP(=O)(O)OC[C@@H](COC(=O)CCCCCCC)OC(=O)CCCCCCCCCCCC. The molecule has 0 radical (unpaired) electrons. The normalized spacial score (nSPS) is 14.4. The maximum absolute atomic E-state index is 13.0. The largest absolute Gasteiger partial charge is 0.472 e. The van der Waals surface area contributed by atoms with E-state index in [1.54, 1.807) is 0 Å². The van der Waals surface area contributed by atoms with Gasteiger partial charge in [-0.2, -0.15) is 0 Å². The summed E-state index contributed by atoms with van der Waals surface area (Å²) in [5, 5.41) is 10.5.